The Morgan fingerprint density at radius 2 is 1.40 bits per heavy atom. The van der Waals surface area contributed by atoms with Crippen LogP contribution in [0.1, 0.15) is 5.56 Å². The number of benzene rings is 3. The lowest BCUT2D eigenvalue weighted by molar-refractivity contribution is 0.178. The molecule has 0 aliphatic carbocycles. The van der Waals surface area contributed by atoms with Crippen molar-refractivity contribution in [3.63, 3.8) is 0 Å². The van der Waals surface area contributed by atoms with Crippen molar-refractivity contribution in [3.8, 4) is 11.1 Å². The molecule has 1 unspecified atom stereocenters. The predicted octanol–water partition coefficient (Wildman–Crippen LogP) is 4.92. The van der Waals surface area contributed by atoms with E-state index in [-0.39, 0.29) is 12.1 Å². The van der Waals surface area contributed by atoms with Crippen LogP contribution in [0, 0.1) is 0 Å². The third kappa shape index (κ3) is 3.26. The first-order valence-electron chi connectivity index (χ1n) is 8.47. The Morgan fingerprint density at radius 1 is 0.800 bits per heavy atom. The summed E-state index contributed by atoms with van der Waals surface area (Å²) in [5.74, 6) is 0. The van der Waals surface area contributed by atoms with E-state index in [9.17, 15) is 4.79 Å². The number of nitrogens with zero attached hydrogens (tertiary/aromatic N) is 1. The Bertz CT molecular complexity index is 844. The van der Waals surface area contributed by atoms with Crippen LogP contribution in [0.5, 0.6) is 0 Å². The monoisotopic (exact) mass is 329 g/mol. The fourth-order valence-electron chi connectivity index (χ4n) is 3.26. The molecular weight excluding hydrogens is 310 g/mol. The van der Waals surface area contributed by atoms with Gasteiger partial charge in [0.2, 0.25) is 0 Å². The molecule has 1 heterocycles. The van der Waals surface area contributed by atoms with E-state index >= 15 is 0 Å². The fraction of sp³-hybridized carbons (Fsp3) is 0.136. The molecule has 0 radical (unpaired) electrons. The predicted molar refractivity (Wildman–Crippen MR) is 99.6 cm³/mol. The molecule has 124 valence electrons. The van der Waals surface area contributed by atoms with Gasteiger partial charge < -0.3 is 4.74 Å². The van der Waals surface area contributed by atoms with Crippen molar-refractivity contribution >= 4 is 11.8 Å². The maximum Gasteiger partial charge on any atom is 0.414 e. The van der Waals surface area contributed by atoms with Crippen LogP contribution >= 0.6 is 0 Å². The third-order valence-corrected chi connectivity index (χ3v) is 4.53. The molecule has 1 amide bonds. The van der Waals surface area contributed by atoms with Crippen LogP contribution < -0.4 is 4.90 Å². The van der Waals surface area contributed by atoms with Gasteiger partial charge in [-0.25, -0.2) is 4.79 Å². The number of carbonyl (C=O) groups is 1. The summed E-state index contributed by atoms with van der Waals surface area (Å²) in [6.45, 7) is 0.425. The summed E-state index contributed by atoms with van der Waals surface area (Å²) in [4.78, 5) is 14.0. The van der Waals surface area contributed by atoms with E-state index in [1.807, 2.05) is 48.5 Å². The molecule has 3 aromatic carbocycles. The first-order valence-corrected chi connectivity index (χ1v) is 8.47. The molecule has 3 aromatic rings. The molecule has 0 saturated carbocycles. The van der Waals surface area contributed by atoms with Gasteiger partial charge in [-0.1, -0.05) is 72.8 Å². The van der Waals surface area contributed by atoms with E-state index in [0.717, 1.165) is 17.7 Å². The number of carbonyl (C=O) groups excluding carboxylic acids is 1. The van der Waals surface area contributed by atoms with Gasteiger partial charge >= 0.3 is 6.09 Å². The van der Waals surface area contributed by atoms with Crippen LogP contribution in [0.25, 0.3) is 11.1 Å². The van der Waals surface area contributed by atoms with Gasteiger partial charge in [0.15, 0.2) is 0 Å². The number of cyclic esters (lactones) is 1. The van der Waals surface area contributed by atoms with Gasteiger partial charge in [-0.15, -0.1) is 0 Å². The Labute approximate surface area is 147 Å². The van der Waals surface area contributed by atoms with Crippen LogP contribution in [0.15, 0.2) is 84.9 Å². The molecular formula is C22H19NO2. The lowest BCUT2D eigenvalue weighted by atomic mass is 10.0. The first kappa shape index (κ1) is 15.5. The second kappa shape index (κ2) is 6.81. The van der Waals surface area contributed by atoms with Gasteiger partial charge in [0.1, 0.15) is 6.61 Å². The minimum atomic E-state index is -0.270. The molecule has 4 rings (SSSR count). The van der Waals surface area contributed by atoms with E-state index in [0.29, 0.717) is 6.61 Å². The molecule has 1 aliphatic heterocycles. The van der Waals surface area contributed by atoms with Crippen LogP contribution in [-0.4, -0.2) is 18.7 Å². The highest BCUT2D eigenvalue weighted by atomic mass is 16.6. The molecule has 0 N–H and O–H groups in total. The standard InChI is InChI=1S/C22H19NO2/c24-22-23(21(16-25-22)15-17-7-3-1-4-8-17)20-13-11-19(12-14-20)18-9-5-2-6-10-18/h1-14,21H,15-16H2. The van der Waals surface area contributed by atoms with Crippen molar-refractivity contribution in [2.24, 2.45) is 0 Å². The Kier molecular flexibility index (Phi) is 4.21. The Hall–Kier alpha value is -3.07. The van der Waals surface area contributed by atoms with Crippen molar-refractivity contribution in [2.75, 3.05) is 11.5 Å². The second-order valence-corrected chi connectivity index (χ2v) is 6.20. The average molecular weight is 329 g/mol. The molecule has 1 fully saturated rings. The largest absolute Gasteiger partial charge is 0.447 e. The van der Waals surface area contributed by atoms with Crippen molar-refractivity contribution in [1.29, 1.82) is 0 Å². The van der Waals surface area contributed by atoms with Crippen molar-refractivity contribution in [2.45, 2.75) is 12.5 Å². The number of hydrogen-bond acceptors (Lipinski definition) is 2. The molecule has 1 aliphatic rings. The highest BCUT2D eigenvalue weighted by Crippen LogP contribution is 2.28. The van der Waals surface area contributed by atoms with Gasteiger partial charge in [-0.05, 0) is 35.2 Å². The Morgan fingerprint density at radius 3 is 2.08 bits per heavy atom. The fourth-order valence-corrected chi connectivity index (χ4v) is 3.26. The quantitative estimate of drug-likeness (QED) is 0.680. The van der Waals surface area contributed by atoms with E-state index in [4.69, 9.17) is 4.74 Å². The molecule has 0 aromatic heterocycles. The van der Waals surface area contributed by atoms with E-state index in [1.54, 1.807) is 4.90 Å². The highest BCUT2D eigenvalue weighted by Gasteiger charge is 2.34. The van der Waals surface area contributed by atoms with Crippen LogP contribution in [0.4, 0.5) is 10.5 Å². The summed E-state index contributed by atoms with van der Waals surface area (Å²) in [7, 11) is 0. The summed E-state index contributed by atoms with van der Waals surface area (Å²) in [6, 6.07) is 28.5. The SMILES string of the molecule is O=C1OCC(Cc2ccccc2)N1c1ccc(-c2ccccc2)cc1. The molecule has 1 atom stereocenters. The van der Waals surface area contributed by atoms with Gasteiger partial charge in [0.05, 0.1) is 6.04 Å². The number of amides is 1. The minimum absolute atomic E-state index is 0.0254. The van der Waals surface area contributed by atoms with Gasteiger partial charge in [0.25, 0.3) is 0 Å². The molecule has 3 nitrogen and oxygen atoms in total. The van der Waals surface area contributed by atoms with Crippen LogP contribution in [0.3, 0.4) is 0 Å². The zero-order valence-electron chi connectivity index (χ0n) is 13.8. The zero-order valence-corrected chi connectivity index (χ0v) is 13.8. The minimum Gasteiger partial charge on any atom is -0.447 e. The average Bonchev–Trinajstić information content (AvgIpc) is 3.03. The normalized spacial score (nSPS) is 16.7. The molecule has 25 heavy (non-hydrogen) atoms. The summed E-state index contributed by atoms with van der Waals surface area (Å²) in [6.07, 6.45) is 0.515. The summed E-state index contributed by atoms with van der Waals surface area (Å²) >= 11 is 0. The molecule has 0 bridgehead atoms. The van der Waals surface area contributed by atoms with Crippen molar-refractivity contribution in [1.82, 2.24) is 0 Å². The Balaban J connectivity index is 1.57. The van der Waals surface area contributed by atoms with Crippen LogP contribution in [-0.2, 0) is 11.2 Å². The summed E-state index contributed by atoms with van der Waals surface area (Å²) < 4.78 is 5.31. The summed E-state index contributed by atoms with van der Waals surface area (Å²) in [5.41, 5.74) is 4.38. The smallest absolute Gasteiger partial charge is 0.414 e. The van der Waals surface area contributed by atoms with Crippen molar-refractivity contribution < 1.29 is 9.53 Å². The number of anilines is 1. The topological polar surface area (TPSA) is 29.5 Å². The second-order valence-electron chi connectivity index (χ2n) is 6.20. The maximum atomic E-state index is 12.2. The number of ether oxygens (including phenoxy) is 1. The van der Waals surface area contributed by atoms with Gasteiger partial charge in [-0.2, -0.15) is 0 Å². The first-order chi connectivity index (χ1) is 12.3. The third-order valence-electron chi connectivity index (χ3n) is 4.53. The van der Waals surface area contributed by atoms with Gasteiger partial charge in [0, 0.05) is 5.69 Å². The van der Waals surface area contributed by atoms with E-state index < -0.39 is 0 Å². The number of hydrogen-bond donors (Lipinski definition) is 0. The zero-order chi connectivity index (χ0) is 17.1. The molecule has 0 spiro atoms. The van der Waals surface area contributed by atoms with Crippen molar-refractivity contribution in [3.05, 3.63) is 90.5 Å². The number of rotatable bonds is 4. The summed E-state index contributed by atoms with van der Waals surface area (Å²) in [5, 5.41) is 0. The lowest BCUT2D eigenvalue weighted by Gasteiger charge is -2.22. The van der Waals surface area contributed by atoms with Gasteiger partial charge in [-0.3, -0.25) is 4.90 Å². The van der Waals surface area contributed by atoms with E-state index in [2.05, 4.69) is 36.4 Å². The highest BCUT2D eigenvalue weighted by molar-refractivity contribution is 5.90. The molecule has 1 saturated heterocycles. The van der Waals surface area contributed by atoms with Crippen LogP contribution in [0.2, 0.25) is 0 Å². The lowest BCUT2D eigenvalue weighted by Crippen LogP contribution is -2.35. The molecule has 3 heteroatoms. The van der Waals surface area contributed by atoms with E-state index in [1.165, 1.54) is 11.1 Å². The maximum absolute atomic E-state index is 12.2.